The molecule has 2 heterocycles. The van der Waals surface area contributed by atoms with Gasteiger partial charge in [0.2, 0.25) is 5.88 Å². The maximum absolute atomic E-state index is 12.7. The Bertz CT molecular complexity index is 762. The van der Waals surface area contributed by atoms with E-state index in [0.717, 1.165) is 4.57 Å². The molecule has 0 atom stereocenters. The van der Waals surface area contributed by atoms with E-state index in [1.165, 1.54) is 6.07 Å². The van der Waals surface area contributed by atoms with E-state index < -0.39 is 11.9 Å². The lowest BCUT2D eigenvalue weighted by Gasteiger charge is -2.32. The minimum Gasteiger partial charge on any atom is -1.00 e. The van der Waals surface area contributed by atoms with E-state index in [4.69, 9.17) is 17.4 Å². The van der Waals surface area contributed by atoms with Crippen molar-refractivity contribution in [2.45, 2.75) is 0 Å². The Morgan fingerprint density at radius 1 is 1.30 bits per heavy atom. The van der Waals surface area contributed by atoms with Crippen molar-refractivity contribution < 1.29 is 23.7 Å². The second-order valence-electron chi connectivity index (χ2n) is 5.07. The van der Waals surface area contributed by atoms with Gasteiger partial charge in [-0.2, -0.15) is 0 Å². The van der Waals surface area contributed by atoms with Gasteiger partial charge in [0.05, 0.1) is 5.52 Å². The number of benzene rings is 1. The summed E-state index contributed by atoms with van der Waals surface area (Å²) in [7, 11) is 0. The Hall–Kier alpha value is -1.87. The van der Waals surface area contributed by atoms with Crippen LogP contribution in [0.25, 0.3) is 10.9 Å². The number of aromatic hydroxyl groups is 1. The largest absolute Gasteiger partial charge is 1.00 e. The number of hydrazine groups is 1. The van der Waals surface area contributed by atoms with Crippen LogP contribution in [0, 0.1) is 4.91 Å². The molecule has 124 valence electrons. The fourth-order valence-corrected chi connectivity index (χ4v) is 2.74. The molecule has 1 fully saturated rings. The minimum absolute atomic E-state index is 0. The van der Waals surface area contributed by atoms with Crippen molar-refractivity contribution in [3.05, 3.63) is 28.1 Å². The van der Waals surface area contributed by atoms with Crippen molar-refractivity contribution in [2.75, 3.05) is 26.2 Å². The van der Waals surface area contributed by atoms with Crippen LogP contribution < -0.4 is 18.2 Å². The van der Waals surface area contributed by atoms with Crippen LogP contribution >= 0.6 is 11.6 Å². The van der Waals surface area contributed by atoms with Gasteiger partial charge in [0, 0.05) is 36.6 Å². The maximum Gasteiger partial charge on any atom is 1.00 e. The number of fused-ring (bicyclic) bond motifs is 1. The SMILES string of the molecule is NN1CCN(C(=O)n2c(O)c(N=O)c3ccc(Cl)cc32)CC1.[Cl-].[H+]. The van der Waals surface area contributed by atoms with Gasteiger partial charge in [0.15, 0.2) is 5.69 Å². The highest BCUT2D eigenvalue weighted by Crippen LogP contribution is 2.39. The molecule has 0 unspecified atom stereocenters. The zero-order chi connectivity index (χ0) is 15.9. The second kappa shape index (κ2) is 6.71. The van der Waals surface area contributed by atoms with Gasteiger partial charge >= 0.3 is 7.46 Å². The monoisotopic (exact) mass is 359 g/mol. The smallest absolute Gasteiger partial charge is 1.00 e. The number of aromatic nitrogens is 1. The maximum atomic E-state index is 12.7. The Kier molecular flexibility index (Phi) is 5.10. The number of hydrogen-bond donors (Lipinski definition) is 2. The van der Waals surface area contributed by atoms with Crippen LogP contribution in [0.15, 0.2) is 23.4 Å². The van der Waals surface area contributed by atoms with Gasteiger partial charge in [-0.3, -0.25) is 5.84 Å². The summed E-state index contributed by atoms with van der Waals surface area (Å²) in [6, 6.07) is 4.20. The molecule has 3 rings (SSSR count). The number of amides is 1. The lowest BCUT2D eigenvalue weighted by molar-refractivity contribution is -0.00000980. The van der Waals surface area contributed by atoms with E-state index in [0.29, 0.717) is 42.1 Å². The number of nitrogens with zero attached hydrogens (tertiary/aromatic N) is 4. The van der Waals surface area contributed by atoms with Crippen LogP contribution in [0.2, 0.25) is 5.02 Å². The summed E-state index contributed by atoms with van der Waals surface area (Å²) in [6.45, 7) is 1.92. The minimum atomic E-state index is -0.479. The van der Waals surface area contributed by atoms with Crippen molar-refractivity contribution in [3.63, 3.8) is 0 Å². The lowest BCUT2D eigenvalue weighted by Crippen LogP contribution is -3.00. The fraction of sp³-hybridized carbons (Fsp3) is 0.308. The number of carbonyl (C=O) groups excluding carboxylic acids is 1. The normalized spacial score (nSPS) is 15.5. The third kappa shape index (κ3) is 2.98. The number of halogens is 2. The number of nitrogens with two attached hydrogens (primary N) is 1. The van der Waals surface area contributed by atoms with Gasteiger partial charge < -0.3 is 22.4 Å². The predicted molar refractivity (Wildman–Crippen MR) is 83.3 cm³/mol. The zero-order valence-corrected chi connectivity index (χ0v) is 13.5. The van der Waals surface area contributed by atoms with Crippen LogP contribution in [0.1, 0.15) is 1.43 Å². The molecule has 1 aliphatic heterocycles. The molecule has 2 aromatic rings. The first kappa shape index (κ1) is 17.5. The standard InChI is InChI=1S/C13H14ClN5O3.ClH/c14-8-1-2-9-10(7-8)19(12(20)11(9)16-22)13(21)17-3-5-18(15)6-4-17;/h1-2,7,20H,3-6,15H2;1H. The fourth-order valence-electron chi connectivity index (χ4n) is 2.57. The molecular weight excluding hydrogens is 345 g/mol. The Morgan fingerprint density at radius 2 is 1.96 bits per heavy atom. The van der Waals surface area contributed by atoms with Crippen LogP contribution in [-0.2, 0) is 0 Å². The Labute approximate surface area is 144 Å². The molecule has 8 nitrogen and oxygen atoms in total. The van der Waals surface area contributed by atoms with Crippen molar-refractivity contribution in [2.24, 2.45) is 11.0 Å². The second-order valence-corrected chi connectivity index (χ2v) is 5.50. The van der Waals surface area contributed by atoms with E-state index >= 15 is 0 Å². The molecule has 10 heteroatoms. The molecule has 1 aliphatic rings. The average Bonchev–Trinajstić information content (AvgIpc) is 2.78. The average molecular weight is 360 g/mol. The van der Waals surface area contributed by atoms with Gasteiger partial charge in [-0.25, -0.2) is 14.4 Å². The van der Waals surface area contributed by atoms with Crippen LogP contribution in [-0.4, -0.2) is 51.8 Å². The van der Waals surface area contributed by atoms with Crippen LogP contribution in [0.4, 0.5) is 10.5 Å². The highest BCUT2D eigenvalue weighted by Gasteiger charge is 2.27. The van der Waals surface area contributed by atoms with Crippen LogP contribution in [0.3, 0.4) is 0 Å². The molecule has 0 bridgehead atoms. The molecule has 1 aromatic carbocycles. The summed E-state index contributed by atoms with van der Waals surface area (Å²) in [5, 5.41) is 15.4. The van der Waals surface area contributed by atoms with Gasteiger partial charge in [0.25, 0.3) is 0 Å². The summed E-state index contributed by atoms with van der Waals surface area (Å²) in [6.07, 6.45) is 0. The molecule has 3 N–H and O–H groups in total. The van der Waals surface area contributed by atoms with Crippen molar-refractivity contribution in [3.8, 4) is 5.88 Å². The molecular formula is C13H15Cl2N5O3. The topological polar surface area (TPSA) is 104 Å². The highest BCUT2D eigenvalue weighted by atomic mass is 35.5. The summed E-state index contributed by atoms with van der Waals surface area (Å²) < 4.78 is 1.06. The van der Waals surface area contributed by atoms with Gasteiger partial charge in [0.1, 0.15) is 0 Å². The Balaban J connectivity index is 0.00000144. The predicted octanol–water partition coefficient (Wildman–Crippen LogP) is -1.03. The molecule has 1 amide bonds. The van der Waals surface area contributed by atoms with Gasteiger partial charge in [-0.15, -0.1) is 4.91 Å². The number of rotatable bonds is 1. The number of carbonyl (C=O) groups is 1. The summed E-state index contributed by atoms with van der Waals surface area (Å²) in [5.74, 6) is 5.19. The Morgan fingerprint density at radius 3 is 2.57 bits per heavy atom. The third-order valence-electron chi connectivity index (χ3n) is 3.75. The molecule has 0 spiro atoms. The molecule has 0 radical (unpaired) electrons. The van der Waals surface area contributed by atoms with E-state index in [9.17, 15) is 14.8 Å². The van der Waals surface area contributed by atoms with E-state index in [2.05, 4.69) is 5.18 Å². The van der Waals surface area contributed by atoms with Gasteiger partial charge in [-0.05, 0) is 23.4 Å². The van der Waals surface area contributed by atoms with Crippen molar-refractivity contribution in [1.82, 2.24) is 14.5 Å². The quantitative estimate of drug-likeness (QED) is 0.500. The third-order valence-corrected chi connectivity index (χ3v) is 3.98. The molecule has 0 aliphatic carbocycles. The van der Waals surface area contributed by atoms with Gasteiger partial charge in [-0.1, -0.05) is 11.6 Å². The highest BCUT2D eigenvalue weighted by molar-refractivity contribution is 6.31. The lowest BCUT2D eigenvalue weighted by atomic mass is 10.2. The van der Waals surface area contributed by atoms with E-state index in [1.807, 2.05) is 0 Å². The molecule has 1 aromatic heterocycles. The van der Waals surface area contributed by atoms with E-state index in [-0.39, 0.29) is 19.5 Å². The summed E-state index contributed by atoms with van der Waals surface area (Å²) in [5.41, 5.74) is 0.178. The first-order chi connectivity index (χ1) is 10.5. The first-order valence-corrected chi connectivity index (χ1v) is 7.06. The first-order valence-electron chi connectivity index (χ1n) is 6.68. The number of piperazine rings is 1. The number of hydrogen-bond acceptors (Lipinski definition) is 6. The van der Waals surface area contributed by atoms with E-state index in [1.54, 1.807) is 22.0 Å². The van der Waals surface area contributed by atoms with Crippen LogP contribution in [0.5, 0.6) is 5.88 Å². The zero-order valence-electron chi connectivity index (χ0n) is 12.9. The molecule has 0 saturated carbocycles. The molecule has 23 heavy (non-hydrogen) atoms. The van der Waals surface area contributed by atoms with Crippen molar-refractivity contribution in [1.29, 1.82) is 0 Å². The summed E-state index contributed by atoms with van der Waals surface area (Å²) >= 11 is 5.95. The number of nitroso groups, excluding NO2 is 1. The summed E-state index contributed by atoms with van der Waals surface area (Å²) in [4.78, 5) is 25.2. The van der Waals surface area contributed by atoms with Crippen molar-refractivity contribution >= 4 is 34.2 Å². The molecule has 1 saturated heterocycles.